The van der Waals surface area contributed by atoms with Crippen molar-refractivity contribution in [1.82, 2.24) is 5.32 Å². The van der Waals surface area contributed by atoms with Crippen LogP contribution in [0.4, 0.5) is 0 Å². The Morgan fingerprint density at radius 3 is 2.20 bits per heavy atom. The van der Waals surface area contributed by atoms with E-state index in [1.807, 2.05) is 24.3 Å². The molecule has 0 spiro atoms. The molecular weight excluding hydrogens is 254 g/mol. The fraction of sp³-hybridized carbons (Fsp3) is 0.375. The molecule has 1 atom stereocenters. The van der Waals surface area contributed by atoms with E-state index in [-0.39, 0.29) is 11.6 Å². The van der Waals surface area contributed by atoms with E-state index in [9.17, 15) is 9.59 Å². The van der Waals surface area contributed by atoms with E-state index in [1.165, 1.54) is 5.56 Å². The first kappa shape index (κ1) is 16.0. The lowest BCUT2D eigenvalue weighted by Gasteiger charge is -2.13. The summed E-state index contributed by atoms with van der Waals surface area (Å²) in [6.45, 7) is 9.33. The zero-order valence-corrected chi connectivity index (χ0v) is 12.1. The molecule has 0 aliphatic heterocycles. The molecule has 2 N–H and O–H groups in total. The molecule has 0 radical (unpaired) electrons. The summed E-state index contributed by atoms with van der Waals surface area (Å²) in [7, 11) is 0. The highest BCUT2D eigenvalue weighted by atomic mass is 16.4. The Morgan fingerprint density at radius 2 is 1.75 bits per heavy atom. The average Bonchev–Trinajstić information content (AvgIpc) is 2.37. The van der Waals surface area contributed by atoms with Gasteiger partial charge in [0.2, 0.25) is 5.91 Å². The number of benzene rings is 1. The first-order chi connectivity index (χ1) is 9.31. The van der Waals surface area contributed by atoms with Crippen LogP contribution in [0.1, 0.15) is 37.8 Å². The molecule has 0 bridgehead atoms. The Balaban J connectivity index is 2.72. The number of carbonyl (C=O) groups excluding carboxylic acids is 1. The minimum absolute atomic E-state index is 0.307. The van der Waals surface area contributed by atoms with Gasteiger partial charge in [0, 0.05) is 0 Å². The van der Waals surface area contributed by atoms with Crippen LogP contribution in [0.3, 0.4) is 0 Å². The van der Waals surface area contributed by atoms with Gasteiger partial charge in [-0.15, -0.1) is 0 Å². The summed E-state index contributed by atoms with van der Waals surface area (Å²) in [6.07, 6.45) is 0.997. The maximum absolute atomic E-state index is 11.9. The maximum atomic E-state index is 11.9. The van der Waals surface area contributed by atoms with Crippen LogP contribution in [0.5, 0.6) is 0 Å². The topological polar surface area (TPSA) is 66.4 Å². The zero-order chi connectivity index (χ0) is 15.3. The third kappa shape index (κ3) is 4.53. The van der Waals surface area contributed by atoms with Gasteiger partial charge in [0.15, 0.2) is 0 Å². The second kappa shape index (κ2) is 6.89. The number of rotatable bonds is 6. The highest BCUT2D eigenvalue weighted by Crippen LogP contribution is 2.18. The van der Waals surface area contributed by atoms with Crippen molar-refractivity contribution in [3.8, 4) is 0 Å². The highest BCUT2D eigenvalue weighted by molar-refractivity contribution is 5.94. The van der Waals surface area contributed by atoms with Crippen molar-refractivity contribution in [2.45, 2.75) is 33.1 Å². The third-order valence-electron chi connectivity index (χ3n) is 3.05. The number of carbonyl (C=O) groups is 2. The lowest BCUT2D eigenvalue weighted by molar-refractivity contribution is -0.134. The number of hydrogen-bond acceptors (Lipinski definition) is 2. The Labute approximate surface area is 119 Å². The molecule has 0 aromatic heterocycles. The summed E-state index contributed by atoms with van der Waals surface area (Å²) < 4.78 is 0. The van der Waals surface area contributed by atoms with Gasteiger partial charge in [0.05, 0.1) is 5.92 Å². The van der Waals surface area contributed by atoms with Gasteiger partial charge in [-0.1, -0.05) is 44.7 Å². The van der Waals surface area contributed by atoms with Gasteiger partial charge < -0.3 is 10.4 Å². The molecule has 0 saturated carbocycles. The number of amides is 1. The van der Waals surface area contributed by atoms with Crippen LogP contribution >= 0.6 is 0 Å². The van der Waals surface area contributed by atoms with Crippen molar-refractivity contribution in [1.29, 1.82) is 0 Å². The van der Waals surface area contributed by atoms with Crippen molar-refractivity contribution < 1.29 is 14.7 Å². The van der Waals surface area contributed by atoms with Crippen molar-refractivity contribution in [3.63, 3.8) is 0 Å². The predicted octanol–water partition coefficient (Wildman–Crippen LogP) is 2.70. The Kier molecular flexibility index (Phi) is 5.50. The Morgan fingerprint density at radius 1 is 1.20 bits per heavy atom. The van der Waals surface area contributed by atoms with Crippen molar-refractivity contribution in [2.24, 2.45) is 5.92 Å². The largest absolute Gasteiger partial charge is 0.477 e. The van der Waals surface area contributed by atoms with Gasteiger partial charge in [-0.05, 0) is 30.4 Å². The molecule has 1 aromatic rings. The molecule has 0 saturated heterocycles. The van der Waals surface area contributed by atoms with Gasteiger partial charge in [-0.3, -0.25) is 4.79 Å². The number of carboxylic acid groups (broad SMARTS) is 1. The Hall–Kier alpha value is -2.10. The molecule has 0 unspecified atom stereocenters. The molecule has 0 fully saturated rings. The number of carboxylic acids is 1. The van der Waals surface area contributed by atoms with Crippen LogP contribution in [0, 0.1) is 5.92 Å². The van der Waals surface area contributed by atoms with Crippen molar-refractivity contribution in [3.05, 3.63) is 47.7 Å². The normalized spacial score (nSPS) is 12.0. The fourth-order valence-electron chi connectivity index (χ4n) is 1.88. The number of aliphatic carboxylic acids is 1. The van der Waals surface area contributed by atoms with Gasteiger partial charge >= 0.3 is 5.97 Å². The maximum Gasteiger partial charge on any atom is 0.351 e. The lowest BCUT2D eigenvalue weighted by Crippen LogP contribution is -2.30. The number of hydrogen-bond donors (Lipinski definition) is 2. The van der Waals surface area contributed by atoms with E-state index < -0.39 is 11.9 Å². The van der Waals surface area contributed by atoms with E-state index in [0.717, 1.165) is 12.0 Å². The van der Waals surface area contributed by atoms with E-state index in [4.69, 9.17) is 5.11 Å². The molecule has 0 heterocycles. The van der Waals surface area contributed by atoms with E-state index >= 15 is 0 Å². The van der Waals surface area contributed by atoms with Crippen molar-refractivity contribution in [2.75, 3.05) is 0 Å². The zero-order valence-electron chi connectivity index (χ0n) is 12.1. The fourth-order valence-corrected chi connectivity index (χ4v) is 1.88. The molecule has 4 heteroatoms. The summed E-state index contributed by atoms with van der Waals surface area (Å²) >= 11 is 0. The average molecular weight is 275 g/mol. The first-order valence-electron chi connectivity index (χ1n) is 6.63. The first-order valence-corrected chi connectivity index (χ1v) is 6.63. The molecule has 20 heavy (non-hydrogen) atoms. The van der Waals surface area contributed by atoms with Crippen molar-refractivity contribution >= 4 is 11.9 Å². The smallest absolute Gasteiger partial charge is 0.351 e. The van der Waals surface area contributed by atoms with Crippen LogP contribution < -0.4 is 5.32 Å². The van der Waals surface area contributed by atoms with Crippen LogP contribution in [-0.2, 0) is 16.0 Å². The lowest BCUT2D eigenvalue weighted by atomic mass is 9.96. The molecule has 1 rings (SSSR count). The van der Waals surface area contributed by atoms with Gasteiger partial charge in [-0.25, -0.2) is 4.79 Å². The van der Waals surface area contributed by atoms with Gasteiger partial charge in [0.1, 0.15) is 5.70 Å². The molecule has 4 nitrogen and oxygen atoms in total. The molecule has 1 amide bonds. The number of nitrogens with one attached hydrogen (secondary N) is 1. The van der Waals surface area contributed by atoms with Crippen LogP contribution in [0.25, 0.3) is 0 Å². The second-order valence-electron chi connectivity index (χ2n) is 5.33. The van der Waals surface area contributed by atoms with E-state index in [1.54, 1.807) is 6.92 Å². The summed E-state index contributed by atoms with van der Waals surface area (Å²) in [5.74, 6) is -1.42. The molecular formula is C16H21NO3. The molecule has 108 valence electrons. The summed E-state index contributed by atoms with van der Waals surface area (Å²) in [5.41, 5.74) is 1.78. The molecule has 1 aromatic carbocycles. The standard InChI is InChI=1S/C16H21NO3/c1-10(2)9-13-5-7-14(8-6-13)11(3)15(18)17-12(4)16(19)20/h5-8,10-11H,4,9H2,1-3H3,(H,17,18)(H,19,20)/t11-/m1/s1. The minimum Gasteiger partial charge on any atom is -0.477 e. The van der Waals surface area contributed by atoms with Crippen LogP contribution in [0.15, 0.2) is 36.5 Å². The van der Waals surface area contributed by atoms with Crippen LogP contribution in [-0.4, -0.2) is 17.0 Å². The van der Waals surface area contributed by atoms with E-state index in [2.05, 4.69) is 25.7 Å². The quantitative estimate of drug-likeness (QED) is 0.784. The summed E-state index contributed by atoms with van der Waals surface area (Å²) in [4.78, 5) is 22.5. The summed E-state index contributed by atoms with van der Waals surface area (Å²) in [6, 6.07) is 7.83. The predicted molar refractivity (Wildman–Crippen MR) is 78.3 cm³/mol. The van der Waals surface area contributed by atoms with E-state index in [0.29, 0.717) is 5.92 Å². The van der Waals surface area contributed by atoms with Crippen LogP contribution in [0.2, 0.25) is 0 Å². The van der Waals surface area contributed by atoms with Gasteiger partial charge in [-0.2, -0.15) is 0 Å². The SMILES string of the molecule is C=C(NC(=O)[C@H](C)c1ccc(CC(C)C)cc1)C(=O)O. The monoisotopic (exact) mass is 275 g/mol. The minimum atomic E-state index is -1.22. The molecule has 0 aliphatic rings. The Bertz CT molecular complexity index is 503. The van der Waals surface area contributed by atoms with Gasteiger partial charge in [0.25, 0.3) is 0 Å². The third-order valence-corrected chi connectivity index (χ3v) is 3.05. The molecule has 0 aliphatic carbocycles. The highest BCUT2D eigenvalue weighted by Gasteiger charge is 2.17. The summed E-state index contributed by atoms with van der Waals surface area (Å²) in [5, 5.41) is 11.0. The second-order valence-corrected chi connectivity index (χ2v) is 5.33.